The van der Waals surface area contributed by atoms with Gasteiger partial charge < -0.3 is 20.2 Å². The third kappa shape index (κ3) is 6.48. The van der Waals surface area contributed by atoms with E-state index in [4.69, 9.17) is 0 Å². The highest BCUT2D eigenvalue weighted by atomic mass is 16.3. The van der Waals surface area contributed by atoms with E-state index in [1.165, 1.54) is 13.8 Å². The van der Waals surface area contributed by atoms with Gasteiger partial charge in [0.2, 0.25) is 0 Å². The smallest absolute Gasteiger partial charge is 0.262 e. The van der Waals surface area contributed by atoms with Gasteiger partial charge in [-0.05, 0) is 52.7 Å². The molecule has 4 aromatic heterocycles. The van der Waals surface area contributed by atoms with Crippen molar-refractivity contribution >= 4 is 33.6 Å². The van der Waals surface area contributed by atoms with E-state index in [9.17, 15) is 29.4 Å². The second-order valence-corrected chi connectivity index (χ2v) is 11.5. The number of aromatic amines is 2. The normalized spacial score (nSPS) is 12.5. The minimum atomic E-state index is -0.340. The molecule has 4 N–H and O–H groups in total. The van der Waals surface area contributed by atoms with Gasteiger partial charge in [0, 0.05) is 11.1 Å². The van der Waals surface area contributed by atoms with Gasteiger partial charge in [-0.2, -0.15) is 10.2 Å². The molecule has 248 valence electrons. The van der Waals surface area contributed by atoms with Crippen molar-refractivity contribution in [3.05, 3.63) is 115 Å². The Balaban J connectivity index is 0.000000188. The summed E-state index contributed by atoms with van der Waals surface area (Å²) in [4.78, 5) is 61.2. The number of rotatable bonds is 8. The first-order valence-electron chi connectivity index (χ1n) is 15.2. The van der Waals surface area contributed by atoms with E-state index in [-0.39, 0.29) is 48.0 Å². The van der Waals surface area contributed by atoms with Crippen LogP contribution in [0, 0.1) is 13.8 Å². The van der Waals surface area contributed by atoms with Gasteiger partial charge in [-0.15, -0.1) is 0 Å². The van der Waals surface area contributed by atoms with Crippen molar-refractivity contribution in [2.45, 2.75) is 66.8 Å². The summed E-state index contributed by atoms with van der Waals surface area (Å²) < 4.78 is 3.26. The van der Waals surface area contributed by atoms with Crippen LogP contribution in [-0.4, -0.2) is 61.3 Å². The van der Waals surface area contributed by atoms with Crippen LogP contribution in [0.2, 0.25) is 0 Å². The summed E-state index contributed by atoms with van der Waals surface area (Å²) >= 11 is 0. The lowest BCUT2D eigenvalue weighted by molar-refractivity contribution is 0.100. The van der Waals surface area contributed by atoms with Crippen molar-refractivity contribution in [3.8, 4) is 0 Å². The van der Waals surface area contributed by atoms with Crippen LogP contribution in [-0.2, 0) is 13.2 Å². The van der Waals surface area contributed by atoms with E-state index < -0.39 is 0 Å². The summed E-state index contributed by atoms with van der Waals surface area (Å²) in [6, 6.07) is 14.1. The van der Waals surface area contributed by atoms with Crippen molar-refractivity contribution in [1.82, 2.24) is 39.5 Å². The molecular formula is C34H36N8O6. The van der Waals surface area contributed by atoms with E-state index in [2.05, 4.69) is 30.1 Å². The second kappa shape index (κ2) is 13.6. The maximum Gasteiger partial charge on any atom is 0.262 e. The lowest BCUT2D eigenvalue weighted by Crippen LogP contribution is -2.13. The Hall–Kier alpha value is -5.60. The number of ketones is 2. The summed E-state index contributed by atoms with van der Waals surface area (Å²) in [5.74, 6) is 0.977. The summed E-state index contributed by atoms with van der Waals surface area (Å²) in [5.41, 5.74) is 3.96. The minimum absolute atomic E-state index is 0.00475. The monoisotopic (exact) mass is 652 g/mol. The highest BCUT2D eigenvalue weighted by Crippen LogP contribution is 2.25. The highest BCUT2D eigenvalue weighted by Gasteiger charge is 2.21. The van der Waals surface area contributed by atoms with E-state index in [1.54, 1.807) is 47.5 Å². The van der Waals surface area contributed by atoms with E-state index in [0.29, 0.717) is 56.2 Å². The number of fused-ring (bicyclic) bond motifs is 2. The molecule has 2 aromatic carbocycles. The maximum absolute atomic E-state index is 12.2. The number of aliphatic hydroxyl groups is 2. The molecule has 0 aliphatic rings. The molecule has 6 rings (SSSR count). The Morgan fingerprint density at radius 2 is 1.00 bits per heavy atom. The van der Waals surface area contributed by atoms with Gasteiger partial charge >= 0.3 is 0 Å². The minimum Gasteiger partial charge on any atom is -0.390 e. The largest absolute Gasteiger partial charge is 0.390 e. The number of Topliss-reactive ketones (excluding diaryl/α,β-unsaturated/α-hetero) is 2. The zero-order chi connectivity index (χ0) is 34.9. The average Bonchev–Trinajstić information content (AvgIpc) is 3.63. The van der Waals surface area contributed by atoms with Crippen LogP contribution >= 0.6 is 0 Å². The molecule has 0 bridgehead atoms. The Bertz CT molecular complexity index is 2100. The number of aryl methyl sites for hydroxylation is 2. The molecule has 14 heteroatoms. The quantitative estimate of drug-likeness (QED) is 0.176. The first-order chi connectivity index (χ1) is 22.8. The molecule has 48 heavy (non-hydrogen) atoms. The van der Waals surface area contributed by atoms with Crippen molar-refractivity contribution in [2.75, 3.05) is 0 Å². The fraction of sp³-hybridized carbons (Fsp3) is 0.294. The number of hydrogen-bond acceptors (Lipinski definition) is 10. The fourth-order valence-electron chi connectivity index (χ4n) is 5.49. The SMILES string of the molecule is CC(=O)c1ccc([C@@H](C)n2nc(CO)c3c(=O)[nH]c(C)nc32)cc1.CC(=O)c1ccc([C@H](C)n2nc(CO)c3c(=O)[nH]c(C)nc32)cc1. The molecule has 14 nitrogen and oxygen atoms in total. The van der Waals surface area contributed by atoms with Crippen LogP contribution in [0.15, 0.2) is 58.1 Å². The number of H-pyrrole nitrogens is 2. The molecule has 0 aliphatic carbocycles. The second-order valence-electron chi connectivity index (χ2n) is 11.5. The third-order valence-corrected chi connectivity index (χ3v) is 8.14. The summed E-state index contributed by atoms with van der Waals surface area (Å²) in [6.07, 6.45) is 0. The molecule has 0 saturated carbocycles. The Labute approximate surface area is 274 Å². The van der Waals surface area contributed by atoms with Crippen LogP contribution in [0.25, 0.3) is 22.1 Å². The number of carbonyl (C=O) groups excluding carboxylic acids is 2. The molecule has 0 saturated heterocycles. The molecule has 6 aromatic rings. The first kappa shape index (κ1) is 33.8. The van der Waals surface area contributed by atoms with Crippen molar-refractivity contribution < 1.29 is 19.8 Å². The Kier molecular flexibility index (Phi) is 9.59. The summed E-state index contributed by atoms with van der Waals surface area (Å²) in [6.45, 7) is 9.61. The predicted octanol–water partition coefficient (Wildman–Crippen LogP) is 3.46. The molecule has 0 unspecified atom stereocenters. The number of nitrogens with one attached hydrogen (secondary N) is 2. The molecule has 4 heterocycles. The highest BCUT2D eigenvalue weighted by molar-refractivity contribution is 5.94. The number of carbonyl (C=O) groups is 2. The van der Waals surface area contributed by atoms with Gasteiger partial charge in [-0.25, -0.2) is 19.3 Å². The predicted molar refractivity (Wildman–Crippen MR) is 178 cm³/mol. The lowest BCUT2D eigenvalue weighted by Gasteiger charge is -2.14. The van der Waals surface area contributed by atoms with Crippen LogP contribution in [0.4, 0.5) is 0 Å². The fourth-order valence-corrected chi connectivity index (χ4v) is 5.49. The average molecular weight is 653 g/mol. The summed E-state index contributed by atoms with van der Waals surface area (Å²) in [5, 5.41) is 28.3. The Morgan fingerprint density at radius 1 is 0.667 bits per heavy atom. The maximum atomic E-state index is 12.2. The lowest BCUT2D eigenvalue weighted by atomic mass is 10.0. The van der Waals surface area contributed by atoms with Gasteiger partial charge in [0.05, 0.1) is 25.3 Å². The number of aromatic nitrogens is 8. The number of benzene rings is 2. The molecular weight excluding hydrogens is 616 g/mol. The van der Waals surface area contributed by atoms with Crippen molar-refractivity contribution in [3.63, 3.8) is 0 Å². The first-order valence-corrected chi connectivity index (χ1v) is 15.2. The van der Waals surface area contributed by atoms with Crippen LogP contribution in [0.3, 0.4) is 0 Å². The van der Waals surface area contributed by atoms with Crippen LogP contribution < -0.4 is 11.1 Å². The topological polar surface area (TPSA) is 202 Å². The number of hydrogen-bond donors (Lipinski definition) is 4. The van der Waals surface area contributed by atoms with Gasteiger partial charge in [0.1, 0.15) is 33.8 Å². The van der Waals surface area contributed by atoms with Gasteiger partial charge in [-0.1, -0.05) is 48.5 Å². The zero-order valence-corrected chi connectivity index (χ0v) is 27.4. The number of nitrogens with zero attached hydrogens (tertiary/aromatic N) is 6. The zero-order valence-electron chi connectivity index (χ0n) is 27.4. The van der Waals surface area contributed by atoms with E-state index in [0.717, 1.165) is 11.1 Å². The van der Waals surface area contributed by atoms with Gasteiger partial charge in [0.15, 0.2) is 22.9 Å². The molecule has 0 aliphatic heterocycles. The van der Waals surface area contributed by atoms with Crippen LogP contribution in [0.5, 0.6) is 0 Å². The third-order valence-electron chi connectivity index (χ3n) is 8.14. The standard InChI is InChI=1S/2C17H18N4O3/c2*1-9(12-4-6-13(7-5-12)10(2)23)21-16-15(14(8-22)20-21)17(24)19-11(3)18-16/h2*4-7,9,22H,8H2,1-3H3,(H,18,19,24)/t2*9-/m10/s1. The van der Waals surface area contributed by atoms with Crippen LogP contribution in [0.1, 0.15) is 94.7 Å². The molecule has 2 atom stereocenters. The molecule has 0 spiro atoms. The molecule has 0 fully saturated rings. The van der Waals surface area contributed by atoms with E-state index in [1.807, 2.05) is 38.1 Å². The van der Waals surface area contributed by atoms with Crippen molar-refractivity contribution in [1.29, 1.82) is 0 Å². The van der Waals surface area contributed by atoms with Crippen molar-refractivity contribution in [2.24, 2.45) is 0 Å². The van der Waals surface area contributed by atoms with Gasteiger partial charge in [-0.3, -0.25) is 19.2 Å². The molecule has 0 radical (unpaired) electrons. The van der Waals surface area contributed by atoms with E-state index >= 15 is 0 Å². The Morgan fingerprint density at radius 3 is 1.29 bits per heavy atom. The summed E-state index contributed by atoms with van der Waals surface area (Å²) in [7, 11) is 0. The van der Waals surface area contributed by atoms with Gasteiger partial charge in [0.25, 0.3) is 11.1 Å². The number of aliphatic hydroxyl groups excluding tert-OH is 2. The molecule has 0 amide bonds.